The maximum atomic E-state index is 12.5. The number of aryl methyl sites for hydroxylation is 1. The first-order chi connectivity index (χ1) is 12.9. The molecule has 0 spiro atoms. The van der Waals surface area contributed by atoms with Gasteiger partial charge in [0.1, 0.15) is 11.3 Å². The van der Waals surface area contributed by atoms with Crippen LogP contribution in [0.4, 0.5) is 0 Å². The van der Waals surface area contributed by atoms with Gasteiger partial charge in [0, 0.05) is 23.4 Å². The van der Waals surface area contributed by atoms with Crippen molar-refractivity contribution in [3.8, 4) is 5.75 Å². The van der Waals surface area contributed by atoms with Gasteiger partial charge >= 0.3 is 11.6 Å². The Balaban J connectivity index is 2.03. The standard InChI is InChI=1S/C21H19ClO5/c1-12-15-10-17(22)19(26-13(2)20(23)25-3)11-18(15)27-21(24)16(12)9-14-7-5-4-6-8-14/h4-8,10-11,13H,9H2,1-3H3/t13-/m0/s1. The molecule has 0 bridgehead atoms. The van der Waals surface area contributed by atoms with Gasteiger partial charge in [-0.05, 0) is 31.0 Å². The van der Waals surface area contributed by atoms with Crippen molar-refractivity contribution in [3.05, 3.63) is 74.6 Å². The first-order valence-electron chi connectivity index (χ1n) is 8.45. The van der Waals surface area contributed by atoms with E-state index in [1.165, 1.54) is 13.2 Å². The normalized spacial score (nSPS) is 12.0. The third-order valence-corrected chi connectivity index (χ3v) is 4.70. The first-order valence-corrected chi connectivity index (χ1v) is 8.82. The summed E-state index contributed by atoms with van der Waals surface area (Å²) in [5.41, 5.74) is 2.36. The van der Waals surface area contributed by atoms with E-state index >= 15 is 0 Å². The lowest BCUT2D eigenvalue weighted by atomic mass is 9.99. The molecule has 3 aromatic rings. The second-order valence-electron chi connectivity index (χ2n) is 6.22. The number of rotatable bonds is 5. The molecule has 140 valence electrons. The molecule has 0 saturated heterocycles. The molecule has 0 radical (unpaired) electrons. The summed E-state index contributed by atoms with van der Waals surface area (Å²) in [7, 11) is 1.28. The molecule has 5 nitrogen and oxygen atoms in total. The summed E-state index contributed by atoms with van der Waals surface area (Å²) in [6.07, 6.45) is -0.365. The van der Waals surface area contributed by atoms with Gasteiger partial charge in [-0.1, -0.05) is 41.9 Å². The fourth-order valence-corrected chi connectivity index (χ4v) is 3.10. The van der Waals surface area contributed by atoms with Gasteiger partial charge in [-0.25, -0.2) is 9.59 Å². The van der Waals surface area contributed by atoms with Crippen molar-refractivity contribution in [1.29, 1.82) is 0 Å². The lowest BCUT2D eigenvalue weighted by Crippen LogP contribution is -2.25. The summed E-state index contributed by atoms with van der Waals surface area (Å²) >= 11 is 6.32. The van der Waals surface area contributed by atoms with E-state index in [0.29, 0.717) is 22.6 Å². The van der Waals surface area contributed by atoms with E-state index in [0.717, 1.165) is 16.5 Å². The Kier molecular flexibility index (Phi) is 5.51. The number of halogens is 1. The molecule has 0 unspecified atom stereocenters. The van der Waals surface area contributed by atoms with Crippen LogP contribution in [0.25, 0.3) is 11.0 Å². The molecule has 3 rings (SSSR count). The van der Waals surface area contributed by atoms with Gasteiger partial charge in [0.25, 0.3) is 0 Å². The molecular formula is C21H19ClO5. The number of carbonyl (C=O) groups is 1. The maximum absolute atomic E-state index is 12.5. The van der Waals surface area contributed by atoms with Crippen molar-refractivity contribution in [2.75, 3.05) is 7.11 Å². The van der Waals surface area contributed by atoms with Crippen LogP contribution in [0.1, 0.15) is 23.6 Å². The number of hydrogen-bond acceptors (Lipinski definition) is 5. The lowest BCUT2D eigenvalue weighted by molar-refractivity contribution is -0.147. The molecule has 0 aliphatic heterocycles. The number of hydrogen-bond donors (Lipinski definition) is 0. The minimum Gasteiger partial charge on any atom is -0.477 e. The molecule has 1 heterocycles. The van der Waals surface area contributed by atoms with E-state index in [1.807, 2.05) is 37.3 Å². The highest BCUT2D eigenvalue weighted by Crippen LogP contribution is 2.33. The third kappa shape index (κ3) is 3.98. The monoisotopic (exact) mass is 386 g/mol. The van der Waals surface area contributed by atoms with Crippen LogP contribution in [0, 0.1) is 6.92 Å². The van der Waals surface area contributed by atoms with Crippen LogP contribution in [-0.2, 0) is 16.0 Å². The van der Waals surface area contributed by atoms with Crippen molar-refractivity contribution in [2.45, 2.75) is 26.4 Å². The van der Waals surface area contributed by atoms with Crippen molar-refractivity contribution < 1.29 is 18.7 Å². The number of ether oxygens (including phenoxy) is 2. The molecule has 0 aliphatic carbocycles. The molecule has 0 fully saturated rings. The summed E-state index contributed by atoms with van der Waals surface area (Å²) in [6, 6.07) is 12.9. The zero-order valence-electron chi connectivity index (χ0n) is 15.2. The number of fused-ring (bicyclic) bond motifs is 1. The van der Waals surface area contributed by atoms with Crippen LogP contribution >= 0.6 is 11.6 Å². The van der Waals surface area contributed by atoms with Crippen LogP contribution in [0.15, 0.2) is 51.7 Å². The van der Waals surface area contributed by atoms with Crippen molar-refractivity contribution >= 4 is 28.5 Å². The smallest absolute Gasteiger partial charge is 0.346 e. The van der Waals surface area contributed by atoms with Crippen LogP contribution < -0.4 is 10.4 Å². The van der Waals surface area contributed by atoms with Crippen molar-refractivity contribution in [2.24, 2.45) is 0 Å². The molecule has 1 atom stereocenters. The maximum Gasteiger partial charge on any atom is 0.346 e. The van der Waals surface area contributed by atoms with Crippen LogP contribution in [0.5, 0.6) is 5.75 Å². The minimum absolute atomic E-state index is 0.250. The van der Waals surface area contributed by atoms with E-state index in [4.69, 9.17) is 20.8 Å². The topological polar surface area (TPSA) is 65.7 Å². The zero-order chi connectivity index (χ0) is 19.6. The van der Waals surface area contributed by atoms with Gasteiger partial charge in [0.05, 0.1) is 12.1 Å². The third-order valence-electron chi connectivity index (χ3n) is 4.40. The highest BCUT2D eigenvalue weighted by molar-refractivity contribution is 6.32. The largest absolute Gasteiger partial charge is 0.477 e. The van der Waals surface area contributed by atoms with Gasteiger partial charge in [-0.2, -0.15) is 0 Å². The molecule has 2 aromatic carbocycles. The van der Waals surface area contributed by atoms with E-state index in [1.54, 1.807) is 13.0 Å². The summed E-state index contributed by atoms with van der Waals surface area (Å²) in [5, 5.41) is 1.05. The Morgan fingerprint density at radius 2 is 1.93 bits per heavy atom. The fraction of sp³-hybridized carbons (Fsp3) is 0.238. The minimum atomic E-state index is -0.838. The first kappa shape index (κ1) is 19.0. The molecule has 27 heavy (non-hydrogen) atoms. The molecule has 0 N–H and O–H groups in total. The van der Waals surface area contributed by atoms with Gasteiger partial charge in [0.15, 0.2) is 6.10 Å². The molecule has 6 heteroatoms. The summed E-state index contributed by atoms with van der Waals surface area (Å²) in [4.78, 5) is 24.1. The quantitative estimate of drug-likeness (QED) is 0.483. The van der Waals surface area contributed by atoms with E-state index in [2.05, 4.69) is 4.74 Å². The Labute approximate surface area is 161 Å². The number of benzene rings is 2. The zero-order valence-corrected chi connectivity index (χ0v) is 16.0. The summed E-state index contributed by atoms with van der Waals surface area (Å²) in [5.74, 6) is -0.276. The van der Waals surface area contributed by atoms with Gasteiger partial charge in [-0.3, -0.25) is 0 Å². The predicted molar refractivity (Wildman–Crippen MR) is 104 cm³/mol. The van der Waals surface area contributed by atoms with Crippen LogP contribution in [-0.4, -0.2) is 19.2 Å². The Bertz CT molecular complexity index is 1040. The van der Waals surface area contributed by atoms with E-state index in [9.17, 15) is 9.59 Å². The van der Waals surface area contributed by atoms with Gasteiger partial charge < -0.3 is 13.9 Å². The highest BCUT2D eigenvalue weighted by Gasteiger charge is 2.19. The SMILES string of the molecule is COC(=O)[C@H](C)Oc1cc2oc(=O)c(Cc3ccccc3)c(C)c2cc1Cl. The number of carbonyl (C=O) groups excluding carboxylic acids is 1. The second kappa shape index (κ2) is 7.84. The number of methoxy groups -OCH3 is 1. The Hall–Kier alpha value is -2.79. The highest BCUT2D eigenvalue weighted by atomic mass is 35.5. The average Bonchev–Trinajstić information content (AvgIpc) is 2.66. The Morgan fingerprint density at radius 1 is 1.22 bits per heavy atom. The fourth-order valence-electron chi connectivity index (χ4n) is 2.89. The van der Waals surface area contributed by atoms with Crippen LogP contribution in [0.2, 0.25) is 5.02 Å². The van der Waals surface area contributed by atoms with Crippen LogP contribution in [0.3, 0.4) is 0 Å². The van der Waals surface area contributed by atoms with Crippen molar-refractivity contribution in [1.82, 2.24) is 0 Å². The average molecular weight is 387 g/mol. The number of esters is 1. The van der Waals surface area contributed by atoms with E-state index in [-0.39, 0.29) is 5.75 Å². The van der Waals surface area contributed by atoms with Gasteiger partial charge in [0.2, 0.25) is 0 Å². The van der Waals surface area contributed by atoms with Gasteiger partial charge in [-0.15, -0.1) is 0 Å². The molecule has 1 aromatic heterocycles. The Morgan fingerprint density at radius 3 is 2.59 bits per heavy atom. The molecule has 0 saturated carbocycles. The molecular weight excluding hydrogens is 368 g/mol. The van der Waals surface area contributed by atoms with E-state index < -0.39 is 17.7 Å². The van der Waals surface area contributed by atoms with Crippen molar-refractivity contribution in [3.63, 3.8) is 0 Å². The lowest BCUT2D eigenvalue weighted by Gasteiger charge is -2.15. The predicted octanol–water partition coefficient (Wildman–Crippen LogP) is 4.29. The molecule has 0 aliphatic rings. The second-order valence-corrected chi connectivity index (χ2v) is 6.62. The summed E-state index contributed by atoms with van der Waals surface area (Å²) < 4.78 is 15.7. The summed E-state index contributed by atoms with van der Waals surface area (Å²) in [6.45, 7) is 3.42. The molecule has 0 amide bonds.